The lowest BCUT2D eigenvalue weighted by atomic mass is 9.78. The molecule has 1 amide bonds. The fourth-order valence-corrected chi connectivity index (χ4v) is 2.88. The van der Waals surface area contributed by atoms with E-state index < -0.39 is 0 Å². The fraction of sp³-hybridized carbons (Fsp3) is 0.533. The van der Waals surface area contributed by atoms with Crippen LogP contribution in [0.5, 0.6) is 0 Å². The second-order valence-corrected chi connectivity index (χ2v) is 5.74. The van der Waals surface area contributed by atoms with Gasteiger partial charge in [0.25, 0.3) is 5.91 Å². The third kappa shape index (κ3) is 2.15. The number of hydrogen-bond donors (Lipinski definition) is 2. The second-order valence-electron chi connectivity index (χ2n) is 5.74. The van der Waals surface area contributed by atoms with Crippen LogP contribution in [0.25, 0.3) is 0 Å². The molecule has 2 aliphatic carbocycles. The smallest absolute Gasteiger partial charge is 0.251 e. The lowest BCUT2D eigenvalue weighted by molar-refractivity contribution is 0.0929. The van der Waals surface area contributed by atoms with Gasteiger partial charge in [0.2, 0.25) is 0 Å². The van der Waals surface area contributed by atoms with Crippen molar-refractivity contribution in [1.29, 1.82) is 0 Å². The predicted molar refractivity (Wildman–Crippen MR) is 71.6 cm³/mol. The van der Waals surface area contributed by atoms with Crippen LogP contribution in [0.2, 0.25) is 0 Å². The number of amides is 1. The maximum atomic E-state index is 12.1. The van der Waals surface area contributed by atoms with Crippen LogP contribution in [0.15, 0.2) is 18.2 Å². The van der Waals surface area contributed by atoms with Crippen molar-refractivity contribution in [3.63, 3.8) is 0 Å². The van der Waals surface area contributed by atoms with E-state index in [0.717, 1.165) is 31.2 Å². The van der Waals surface area contributed by atoms with Crippen LogP contribution >= 0.6 is 0 Å². The third-order valence-corrected chi connectivity index (χ3v) is 4.31. The summed E-state index contributed by atoms with van der Waals surface area (Å²) in [5.41, 5.74) is 9.48. The molecule has 3 N–H and O–H groups in total. The van der Waals surface area contributed by atoms with Gasteiger partial charge in [0.15, 0.2) is 0 Å². The Balaban J connectivity index is 1.65. The zero-order valence-electron chi connectivity index (χ0n) is 10.7. The Labute approximate surface area is 108 Å². The summed E-state index contributed by atoms with van der Waals surface area (Å²) in [6.45, 7) is 0.600. The molecule has 1 aromatic rings. The maximum absolute atomic E-state index is 12.1. The highest BCUT2D eigenvalue weighted by molar-refractivity contribution is 5.94. The summed E-state index contributed by atoms with van der Waals surface area (Å²) < 4.78 is 0. The van der Waals surface area contributed by atoms with Crippen LogP contribution in [-0.2, 0) is 12.8 Å². The normalized spacial score (nSPS) is 20.1. The molecule has 0 unspecified atom stereocenters. The van der Waals surface area contributed by atoms with E-state index in [9.17, 15) is 4.79 Å². The van der Waals surface area contributed by atoms with Gasteiger partial charge in [0.05, 0.1) is 0 Å². The maximum Gasteiger partial charge on any atom is 0.251 e. The van der Waals surface area contributed by atoms with Gasteiger partial charge in [-0.05, 0) is 61.8 Å². The minimum Gasteiger partial charge on any atom is -0.350 e. The highest BCUT2D eigenvalue weighted by Gasteiger charge is 2.32. The Morgan fingerprint density at radius 3 is 2.72 bits per heavy atom. The van der Waals surface area contributed by atoms with Crippen molar-refractivity contribution in [3.05, 3.63) is 34.9 Å². The van der Waals surface area contributed by atoms with Crippen LogP contribution in [-0.4, -0.2) is 18.0 Å². The van der Waals surface area contributed by atoms with E-state index in [-0.39, 0.29) is 11.4 Å². The lowest BCUT2D eigenvalue weighted by Gasteiger charge is -2.38. The number of carbonyl (C=O) groups is 1. The first-order valence-corrected chi connectivity index (χ1v) is 6.85. The SMILES string of the molecule is NC1(CNC(=O)c2ccc3c(c2)CCC3)CCC1. The van der Waals surface area contributed by atoms with Gasteiger partial charge in [0.1, 0.15) is 0 Å². The van der Waals surface area contributed by atoms with Gasteiger partial charge in [-0.15, -0.1) is 0 Å². The van der Waals surface area contributed by atoms with Crippen molar-refractivity contribution in [1.82, 2.24) is 5.32 Å². The largest absolute Gasteiger partial charge is 0.350 e. The molecule has 3 rings (SSSR count). The van der Waals surface area contributed by atoms with Crippen LogP contribution < -0.4 is 11.1 Å². The monoisotopic (exact) mass is 244 g/mol. The molecule has 0 heterocycles. The van der Waals surface area contributed by atoms with Crippen molar-refractivity contribution >= 4 is 5.91 Å². The van der Waals surface area contributed by atoms with Crippen molar-refractivity contribution in [2.75, 3.05) is 6.54 Å². The van der Waals surface area contributed by atoms with Gasteiger partial charge >= 0.3 is 0 Å². The van der Waals surface area contributed by atoms with Crippen LogP contribution in [0.1, 0.15) is 47.2 Å². The van der Waals surface area contributed by atoms with Gasteiger partial charge in [-0.25, -0.2) is 0 Å². The Kier molecular flexibility index (Phi) is 2.86. The molecule has 0 spiro atoms. The van der Waals surface area contributed by atoms with Gasteiger partial charge in [-0.2, -0.15) is 0 Å². The first-order chi connectivity index (χ1) is 8.66. The minimum absolute atomic E-state index is 0.0152. The van der Waals surface area contributed by atoms with E-state index in [4.69, 9.17) is 5.73 Å². The second kappa shape index (κ2) is 4.39. The molecule has 1 fully saturated rings. The summed E-state index contributed by atoms with van der Waals surface area (Å²) in [6, 6.07) is 6.07. The predicted octanol–water partition coefficient (Wildman–Crippen LogP) is 1.79. The molecule has 3 heteroatoms. The van der Waals surface area contributed by atoms with Crippen LogP contribution in [0.4, 0.5) is 0 Å². The number of carbonyl (C=O) groups excluding carboxylic acids is 1. The summed E-state index contributed by atoms with van der Waals surface area (Å²) in [5.74, 6) is 0.0152. The van der Waals surface area contributed by atoms with Gasteiger partial charge in [-0.3, -0.25) is 4.79 Å². The number of aryl methyl sites for hydroxylation is 2. The average Bonchev–Trinajstić information content (AvgIpc) is 2.80. The molecule has 3 nitrogen and oxygen atoms in total. The number of rotatable bonds is 3. The van der Waals surface area contributed by atoms with Gasteiger partial charge in [0, 0.05) is 17.6 Å². The summed E-state index contributed by atoms with van der Waals surface area (Å²) in [6.07, 6.45) is 6.72. The highest BCUT2D eigenvalue weighted by atomic mass is 16.1. The quantitative estimate of drug-likeness (QED) is 0.851. The van der Waals surface area contributed by atoms with E-state index >= 15 is 0 Å². The zero-order chi connectivity index (χ0) is 12.6. The Morgan fingerprint density at radius 2 is 2.00 bits per heavy atom. The Bertz CT molecular complexity index is 477. The van der Waals surface area contributed by atoms with Gasteiger partial charge < -0.3 is 11.1 Å². The molecular formula is C15H20N2O. The molecule has 0 saturated heterocycles. The number of hydrogen-bond acceptors (Lipinski definition) is 2. The number of fused-ring (bicyclic) bond motifs is 1. The van der Waals surface area contributed by atoms with Crippen molar-refractivity contribution in [3.8, 4) is 0 Å². The fourth-order valence-electron chi connectivity index (χ4n) is 2.88. The molecule has 0 atom stereocenters. The Morgan fingerprint density at radius 1 is 1.22 bits per heavy atom. The zero-order valence-corrected chi connectivity index (χ0v) is 10.7. The summed E-state index contributed by atoms with van der Waals surface area (Å²) in [5, 5.41) is 2.97. The summed E-state index contributed by atoms with van der Waals surface area (Å²) in [7, 11) is 0. The highest BCUT2D eigenvalue weighted by Crippen LogP contribution is 2.28. The molecular weight excluding hydrogens is 224 g/mol. The van der Waals surface area contributed by atoms with E-state index in [1.165, 1.54) is 24.0 Å². The lowest BCUT2D eigenvalue weighted by Crippen LogP contribution is -2.54. The van der Waals surface area contributed by atoms with Crippen LogP contribution in [0, 0.1) is 0 Å². The summed E-state index contributed by atoms with van der Waals surface area (Å²) in [4.78, 5) is 12.1. The molecule has 1 saturated carbocycles. The molecule has 0 aliphatic heterocycles. The number of benzene rings is 1. The summed E-state index contributed by atoms with van der Waals surface area (Å²) >= 11 is 0. The van der Waals surface area contributed by atoms with Crippen LogP contribution in [0.3, 0.4) is 0 Å². The third-order valence-electron chi connectivity index (χ3n) is 4.31. The van der Waals surface area contributed by atoms with E-state index in [1.54, 1.807) is 0 Å². The van der Waals surface area contributed by atoms with Crippen molar-refractivity contribution in [2.45, 2.75) is 44.1 Å². The molecule has 2 aliphatic rings. The minimum atomic E-state index is -0.146. The first-order valence-electron chi connectivity index (χ1n) is 6.85. The van der Waals surface area contributed by atoms with E-state index in [2.05, 4.69) is 11.4 Å². The number of nitrogens with two attached hydrogens (primary N) is 1. The molecule has 0 aromatic heterocycles. The molecule has 96 valence electrons. The topological polar surface area (TPSA) is 55.1 Å². The molecule has 18 heavy (non-hydrogen) atoms. The van der Waals surface area contributed by atoms with Crippen molar-refractivity contribution in [2.24, 2.45) is 5.73 Å². The van der Waals surface area contributed by atoms with Crippen molar-refractivity contribution < 1.29 is 4.79 Å². The Hall–Kier alpha value is -1.35. The van der Waals surface area contributed by atoms with E-state index in [1.807, 2.05) is 12.1 Å². The molecule has 1 aromatic carbocycles. The number of nitrogens with one attached hydrogen (secondary N) is 1. The first kappa shape index (κ1) is 11.7. The molecule has 0 bridgehead atoms. The van der Waals surface area contributed by atoms with Gasteiger partial charge in [-0.1, -0.05) is 6.07 Å². The average molecular weight is 244 g/mol. The standard InChI is InChI=1S/C15H20N2O/c16-15(7-2-8-15)10-17-14(18)13-6-5-11-3-1-4-12(11)9-13/h5-6,9H,1-4,7-8,10,16H2,(H,17,18). The molecule has 0 radical (unpaired) electrons. The van der Waals surface area contributed by atoms with E-state index in [0.29, 0.717) is 6.54 Å².